The van der Waals surface area contributed by atoms with Crippen molar-refractivity contribution in [2.75, 3.05) is 11.9 Å². The molecule has 3 aromatic rings. The molecule has 0 aliphatic rings. The number of nitriles is 1. The summed E-state index contributed by atoms with van der Waals surface area (Å²) in [5, 5.41) is 13.2. The largest absolute Gasteiger partial charge is 0.454 e. The number of pyridine rings is 1. The van der Waals surface area contributed by atoms with Gasteiger partial charge in [0.05, 0.1) is 16.6 Å². The van der Waals surface area contributed by atoms with Crippen LogP contribution in [0.25, 0.3) is 11.0 Å². The summed E-state index contributed by atoms with van der Waals surface area (Å²) in [6.45, 7) is 13.3. The second-order valence-corrected chi connectivity index (χ2v) is 17.4. The van der Waals surface area contributed by atoms with Crippen LogP contribution >= 0.6 is 27.5 Å². The molecule has 192 valence electrons. The van der Waals surface area contributed by atoms with Crippen molar-refractivity contribution >= 4 is 58.4 Å². The fourth-order valence-electron chi connectivity index (χ4n) is 3.20. The summed E-state index contributed by atoms with van der Waals surface area (Å²) in [6.07, 6.45) is 2.73. The number of carbonyl (C=O) groups excluding carboxylic acids is 1. The van der Waals surface area contributed by atoms with Crippen LogP contribution in [0.15, 0.2) is 35.1 Å². The minimum atomic E-state index is -1.20. The average Bonchev–Trinajstić information content (AvgIpc) is 3.07. The molecule has 0 saturated heterocycles. The molecule has 1 amide bonds. The molecule has 0 saturated carbocycles. The third-order valence-corrected chi connectivity index (χ3v) is 7.53. The summed E-state index contributed by atoms with van der Waals surface area (Å²) in [6, 6.07) is 8.00. The Morgan fingerprint density at radius 1 is 1.31 bits per heavy atom. The first-order chi connectivity index (χ1) is 16.8. The number of nitrogens with zero attached hydrogens (tertiary/aromatic N) is 3. The lowest BCUT2D eigenvalue weighted by atomic mass is 10.2. The number of anilines is 1. The van der Waals surface area contributed by atoms with Gasteiger partial charge in [-0.1, -0.05) is 31.2 Å². The average molecular weight is 594 g/mol. The number of benzene rings is 1. The van der Waals surface area contributed by atoms with Gasteiger partial charge in [-0.25, -0.2) is 9.78 Å². The maximum absolute atomic E-state index is 12.1. The smallest absolute Gasteiger partial charge is 0.412 e. The molecule has 2 heterocycles. The van der Waals surface area contributed by atoms with E-state index < -0.39 is 19.8 Å². The van der Waals surface area contributed by atoms with E-state index in [0.717, 1.165) is 6.04 Å². The first-order valence-electron chi connectivity index (χ1n) is 11.4. The third kappa shape index (κ3) is 7.46. The number of ether oxygens (including phenoxy) is 3. The van der Waals surface area contributed by atoms with E-state index in [9.17, 15) is 10.1 Å². The first kappa shape index (κ1) is 28.0. The Hall–Kier alpha value is -2.58. The van der Waals surface area contributed by atoms with Gasteiger partial charge in [0.15, 0.2) is 5.75 Å². The highest BCUT2D eigenvalue weighted by molar-refractivity contribution is 9.10. The number of aromatic nitrogens is 2. The van der Waals surface area contributed by atoms with E-state index in [4.69, 9.17) is 25.8 Å². The highest BCUT2D eigenvalue weighted by atomic mass is 79.9. The predicted molar refractivity (Wildman–Crippen MR) is 148 cm³/mol. The highest BCUT2D eigenvalue weighted by Gasteiger charge is 2.21. The van der Waals surface area contributed by atoms with Crippen LogP contribution in [0.1, 0.15) is 26.3 Å². The molecule has 2 aromatic heterocycles. The molecular weight excluding hydrogens is 564 g/mol. The maximum atomic E-state index is 12.1. The van der Waals surface area contributed by atoms with Crippen molar-refractivity contribution in [1.82, 2.24) is 9.55 Å². The van der Waals surface area contributed by atoms with E-state index in [1.807, 2.05) is 10.8 Å². The van der Waals surface area contributed by atoms with Crippen LogP contribution in [0.4, 0.5) is 10.5 Å². The molecule has 0 spiro atoms. The predicted octanol–water partition coefficient (Wildman–Crippen LogP) is 7.78. The second-order valence-electron chi connectivity index (χ2n) is 10.5. The zero-order valence-corrected chi connectivity index (χ0v) is 24.6. The number of carbonyl (C=O) groups is 1. The quantitative estimate of drug-likeness (QED) is 0.212. The van der Waals surface area contributed by atoms with Gasteiger partial charge >= 0.3 is 6.09 Å². The number of halogens is 2. The summed E-state index contributed by atoms with van der Waals surface area (Å²) < 4.78 is 19.9. The number of nitrogens with one attached hydrogen (secondary N) is 1. The monoisotopic (exact) mass is 592 g/mol. The Balaban J connectivity index is 1.85. The van der Waals surface area contributed by atoms with Crippen LogP contribution in [0, 0.1) is 11.3 Å². The normalized spacial score (nSPS) is 11.9. The molecular formula is C25H30BrClN4O4Si. The Bertz CT molecular complexity index is 1310. The lowest BCUT2D eigenvalue weighted by Crippen LogP contribution is -2.27. The zero-order valence-electron chi connectivity index (χ0n) is 21.2. The molecule has 0 fully saturated rings. The van der Waals surface area contributed by atoms with E-state index in [1.54, 1.807) is 39.0 Å². The van der Waals surface area contributed by atoms with Crippen LogP contribution in [0.5, 0.6) is 11.5 Å². The van der Waals surface area contributed by atoms with E-state index in [0.29, 0.717) is 46.0 Å². The van der Waals surface area contributed by atoms with Gasteiger partial charge < -0.3 is 18.8 Å². The van der Waals surface area contributed by atoms with Crippen molar-refractivity contribution in [3.05, 3.63) is 45.7 Å². The molecule has 36 heavy (non-hydrogen) atoms. The molecule has 0 aliphatic heterocycles. The van der Waals surface area contributed by atoms with Crippen molar-refractivity contribution in [1.29, 1.82) is 5.26 Å². The lowest BCUT2D eigenvalue weighted by molar-refractivity contribution is 0.0636. The summed E-state index contributed by atoms with van der Waals surface area (Å²) in [7, 11) is -1.20. The maximum Gasteiger partial charge on any atom is 0.412 e. The molecule has 0 radical (unpaired) electrons. The fraction of sp³-hybridized carbons (Fsp3) is 0.400. The van der Waals surface area contributed by atoms with Crippen molar-refractivity contribution in [3.8, 4) is 17.6 Å². The molecule has 3 rings (SSSR count). The molecule has 8 nitrogen and oxygen atoms in total. The number of fused-ring (bicyclic) bond motifs is 1. The molecule has 0 aliphatic carbocycles. The van der Waals surface area contributed by atoms with Crippen molar-refractivity contribution in [3.63, 3.8) is 0 Å². The molecule has 1 N–H and O–H groups in total. The standard InChI is InChI=1S/C25H30BrClN4O4Si/c1-25(2,3)35-24(32)30-17-7-8-20(19(27)11-17)34-22-16(12-28)13-29-23-21(22)18(26)14-31(23)15-33-9-10-36(4,5)6/h7-8,11,13-14H,9-10,15H2,1-6H3,(H,30,32). The molecule has 0 atom stereocenters. The van der Waals surface area contributed by atoms with Crippen LogP contribution in [-0.4, -0.2) is 35.9 Å². The third-order valence-electron chi connectivity index (χ3n) is 4.93. The summed E-state index contributed by atoms with van der Waals surface area (Å²) >= 11 is 10.0. The van der Waals surface area contributed by atoms with Gasteiger partial charge in [-0.3, -0.25) is 5.32 Å². The van der Waals surface area contributed by atoms with Crippen molar-refractivity contribution in [2.45, 2.75) is 58.8 Å². The highest BCUT2D eigenvalue weighted by Crippen LogP contribution is 2.40. The van der Waals surface area contributed by atoms with E-state index >= 15 is 0 Å². The number of rotatable bonds is 8. The van der Waals surface area contributed by atoms with Crippen molar-refractivity contribution in [2.24, 2.45) is 0 Å². The number of hydrogen-bond donors (Lipinski definition) is 1. The van der Waals surface area contributed by atoms with Gasteiger partial charge in [0.2, 0.25) is 0 Å². The Labute approximate surface area is 225 Å². The summed E-state index contributed by atoms with van der Waals surface area (Å²) in [5.41, 5.74) is 0.696. The fourth-order valence-corrected chi connectivity index (χ4v) is 4.78. The molecule has 0 bridgehead atoms. The minimum Gasteiger partial charge on any atom is -0.454 e. The van der Waals surface area contributed by atoms with Crippen LogP contribution in [-0.2, 0) is 16.2 Å². The van der Waals surface area contributed by atoms with Crippen LogP contribution in [0.3, 0.4) is 0 Å². The number of hydrogen-bond acceptors (Lipinski definition) is 6. The van der Waals surface area contributed by atoms with Gasteiger partial charge in [0, 0.05) is 31.0 Å². The molecule has 1 aromatic carbocycles. The molecule has 11 heteroatoms. The Morgan fingerprint density at radius 3 is 2.64 bits per heavy atom. The van der Waals surface area contributed by atoms with Gasteiger partial charge in [-0.2, -0.15) is 5.26 Å². The lowest BCUT2D eigenvalue weighted by Gasteiger charge is -2.20. The number of amides is 1. The second kappa shape index (κ2) is 11.2. The van der Waals surface area contributed by atoms with Gasteiger partial charge in [-0.15, -0.1) is 0 Å². The zero-order chi connectivity index (χ0) is 26.7. The Morgan fingerprint density at radius 2 is 2.03 bits per heavy atom. The van der Waals surface area contributed by atoms with E-state index in [-0.39, 0.29) is 10.6 Å². The van der Waals surface area contributed by atoms with Gasteiger partial charge in [0.1, 0.15) is 35.4 Å². The topological polar surface area (TPSA) is 98.4 Å². The van der Waals surface area contributed by atoms with Gasteiger partial charge in [0.25, 0.3) is 0 Å². The van der Waals surface area contributed by atoms with Crippen LogP contribution < -0.4 is 10.1 Å². The molecule has 0 unspecified atom stereocenters. The summed E-state index contributed by atoms with van der Waals surface area (Å²) in [5.74, 6) is 0.645. The minimum absolute atomic E-state index is 0.252. The summed E-state index contributed by atoms with van der Waals surface area (Å²) in [4.78, 5) is 16.5. The SMILES string of the molecule is CC(C)(C)OC(=O)Nc1ccc(Oc2c(C#N)cnc3c2c(Br)cn3COCC[Si](C)(C)C)c(Cl)c1. The van der Waals surface area contributed by atoms with Crippen molar-refractivity contribution < 1.29 is 19.0 Å². The van der Waals surface area contributed by atoms with E-state index in [1.165, 1.54) is 6.20 Å². The van der Waals surface area contributed by atoms with Gasteiger partial charge in [-0.05, 0) is 60.9 Å². The Kier molecular flexibility index (Phi) is 8.72. The van der Waals surface area contributed by atoms with Crippen LogP contribution in [0.2, 0.25) is 30.7 Å². The first-order valence-corrected chi connectivity index (χ1v) is 16.3. The van der Waals surface area contributed by atoms with E-state index in [2.05, 4.69) is 51.9 Å².